The summed E-state index contributed by atoms with van der Waals surface area (Å²) in [6.07, 6.45) is 2.71. The fraction of sp³-hybridized carbons (Fsp3) is 0.684. The van der Waals surface area contributed by atoms with E-state index in [1.807, 2.05) is 4.90 Å². The number of piperazine rings is 1. The highest BCUT2D eigenvalue weighted by Crippen LogP contribution is 2.09. The molecule has 0 unspecified atom stereocenters. The van der Waals surface area contributed by atoms with Crippen LogP contribution in [-0.2, 0) is 0 Å². The standard InChI is InChI=1S/C19H33N5O2.HI/c1-4-10-22(6-3)11-9-21-19(20-5-2)24-14-12-23(13-15-24)18(25)17-8-7-16-26-17;/h7-8,16H,4-6,9-15H2,1-3H3,(H,20,21);1H. The van der Waals surface area contributed by atoms with Crippen LogP contribution in [0.3, 0.4) is 0 Å². The fourth-order valence-corrected chi connectivity index (χ4v) is 3.14. The Morgan fingerprint density at radius 1 is 1.19 bits per heavy atom. The van der Waals surface area contributed by atoms with Gasteiger partial charge in [0.15, 0.2) is 11.7 Å². The lowest BCUT2D eigenvalue weighted by Crippen LogP contribution is -2.53. The molecule has 27 heavy (non-hydrogen) atoms. The van der Waals surface area contributed by atoms with E-state index in [1.165, 1.54) is 12.7 Å². The maximum absolute atomic E-state index is 12.4. The van der Waals surface area contributed by atoms with Crippen LogP contribution in [0.1, 0.15) is 37.7 Å². The molecule has 0 aromatic carbocycles. The lowest BCUT2D eigenvalue weighted by Gasteiger charge is -2.36. The lowest BCUT2D eigenvalue weighted by molar-refractivity contribution is 0.0657. The van der Waals surface area contributed by atoms with E-state index in [4.69, 9.17) is 9.41 Å². The van der Waals surface area contributed by atoms with Gasteiger partial charge in [-0.3, -0.25) is 9.79 Å². The number of furan rings is 1. The Bertz CT molecular complexity index is 556. The van der Waals surface area contributed by atoms with Crippen molar-refractivity contribution in [2.75, 3.05) is 58.9 Å². The molecule has 0 bridgehead atoms. The van der Waals surface area contributed by atoms with Crippen LogP contribution in [0.25, 0.3) is 0 Å². The third-order valence-electron chi connectivity index (χ3n) is 4.60. The van der Waals surface area contributed by atoms with Crippen LogP contribution in [0.5, 0.6) is 0 Å². The van der Waals surface area contributed by atoms with E-state index in [-0.39, 0.29) is 29.9 Å². The van der Waals surface area contributed by atoms with E-state index < -0.39 is 0 Å². The van der Waals surface area contributed by atoms with Crippen molar-refractivity contribution in [2.24, 2.45) is 4.99 Å². The van der Waals surface area contributed by atoms with E-state index in [2.05, 4.69) is 35.9 Å². The van der Waals surface area contributed by atoms with Crippen molar-refractivity contribution in [3.63, 3.8) is 0 Å². The minimum absolute atomic E-state index is 0. The predicted octanol–water partition coefficient (Wildman–Crippen LogP) is 2.35. The molecule has 0 atom stereocenters. The van der Waals surface area contributed by atoms with Gasteiger partial charge in [-0.05, 0) is 38.6 Å². The molecule has 1 aromatic rings. The molecule has 0 spiro atoms. The van der Waals surface area contributed by atoms with E-state index >= 15 is 0 Å². The first-order chi connectivity index (χ1) is 12.7. The summed E-state index contributed by atoms with van der Waals surface area (Å²) in [4.78, 5) is 23.7. The lowest BCUT2D eigenvalue weighted by atomic mass is 10.3. The van der Waals surface area contributed by atoms with Crippen molar-refractivity contribution in [1.82, 2.24) is 20.0 Å². The van der Waals surface area contributed by atoms with Gasteiger partial charge in [-0.25, -0.2) is 0 Å². The molecule has 0 aliphatic carbocycles. The smallest absolute Gasteiger partial charge is 0.289 e. The zero-order chi connectivity index (χ0) is 18.8. The first-order valence-electron chi connectivity index (χ1n) is 9.77. The average molecular weight is 491 g/mol. The summed E-state index contributed by atoms with van der Waals surface area (Å²) in [5.41, 5.74) is 0. The van der Waals surface area contributed by atoms with Crippen molar-refractivity contribution in [1.29, 1.82) is 0 Å². The summed E-state index contributed by atoms with van der Waals surface area (Å²) in [7, 11) is 0. The zero-order valence-electron chi connectivity index (χ0n) is 16.8. The van der Waals surface area contributed by atoms with Gasteiger partial charge < -0.3 is 24.4 Å². The maximum Gasteiger partial charge on any atom is 0.289 e. The van der Waals surface area contributed by atoms with Gasteiger partial charge in [-0.1, -0.05) is 13.8 Å². The molecule has 8 heteroatoms. The highest BCUT2D eigenvalue weighted by molar-refractivity contribution is 14.0. The normalized spacial score (nSPS) is 15.0. The molecule has 2 rings (SSSR count). The number of rotatable bonds is 8. The van der Waals surface area contributed by atoms with Crippen LogP contribution >= 0.6 is 24.0 Å². The molecule has 1 saturated heterocycles. The number of amides is 1. The summed E-state index contributed by atoms with van der Waals surface area (Å²) >= 11 is 0. The first-order valence-corrected chi connectivity index (χ1v) is 9.77. The summed E-state index contributed by atoms with van der Waals surface area (Å²) in [6, 6.07) is 3.47. The van der Waals surface area contributed by atoms with Crippen molar-refractivity contribution in [3.8, 4) is 0 Å². The zero-order valence-corrected chi connectivity index (χ0v) is 19.1. The Morgan fingerprint density at radius 3 is 2.44 bits per heavy atom. The van der Waals surface area contributed by atoms with E-state index in [1.54, 1.807) is 12.1 Å². The number of hydrogen-bond donors (Lipinski definition) is 1. The molecule has 154 valence electrons. The van der Waals surface area contributed by atoms with Gasteiger partial charge in [0.1, 0.15) is 0 Å². The van der Waals surface area contributed by atoms with Gasteiger partial charge >= 0.3 is 0 Å². The van der Waals surface area contributed by atoms with Crippen LogP contribution < -0.4 is 5.32 Å². The number of likely N-dealkylation sites (N-methyl/N-ethyl adjacent to an activating group) is 1. The average Bonchev–Trinajstić information content (AvgIpc) is 3.21. The number of carbonyl (C=O) groups excluding carboxylic acids is 1. The van der Waals surface area contributed by atoms with E-state index in [9.17, 15) is 4.79 Å². The molecule has 7 nitrogen and oxygen atoms in total. The summed E-state index contributed by atoms with van der Waals surface area (Å²) in [5.74, 6) is 1.33. The van der Waals surface area contributed by atoms with Gasteiger partial charge in [0.25, 0.3) is 5.91 Å². The molecule has 1 fully saturated rings. The van der Waals surface area contributed by atoms with E-state index in [0.29, 0.717) is 18.8 Å². The topological polar surface area (TPSA) is 64.3 Å². The third-order valence-corrected chi connectivity index (χ3v) is 4.60. The number of guanidine groups is 1. The number of nitrogens with one attached hydrogen (secondary N) is 1. The second-order valence-corrected chi connectivity index (χ2v) is 6.43. The summed E-state index contributed by atoms with van der Waals surface area (Å²) in [5, 5.41) is 3.38. The quantitative estimate of drug-likeness (QED) is 0.344. The third kappa shape index (κ3) is 7.33. The number of halogens is 1. The number of aliphatic imine (C=N–C) groups is 1. The highest BCUT2D eigenvalue weighted by atomic mass is 127. The van der Waals surface area contributed by atoms with Crippen LogP contribution in [0.15, 0.2) is 27.8 Å². The van der Waals surface area contributed by atoms with Crippen molar-refractivity contribution >= 4 is 35.8 Å². The molecule has 1 aliphatic heterocycles. The Morgan fingerprint density at radius 2 is 1.89 bits per heavy atom. The van der Waals surface area contributed by atoms with Crippen LogP contribution in [0.2, 0.25) is 0 Å². The molecule has 1 aromatic heterocycles. The SMILES string of the molecule is CCCN(CC)CCN=C(NCC)N1CCN(C(=O)c2ccco2)CC1.I. The second-order valence-electron chi connectivity index (χ2n) is 6.43. The second kappa shape index (κ2) is 13.0. The number of hydrogen-bond acceptors (Lipinski definition) is 4. The fourth-order valence-electron chi connectivity index (χ4n) is 3.14. The molecule has 2 heterocycles. The Labute approximate surface area is 180 Å². The first kappa shape index (κ1) is 23.7. The van der Waals surface area contributed by atoms with Crippen LogP contribution in [0.4, 0.5) is 0 Å². The number of carbonyl (C=O) groups is 1. The molecule has 1 N–H and O–H groups in total. The van der Waals surface area contributed by atoms with Gasteiger partial charge in [-0.2, -0.15) is 0 Å². The monoisotopic (exact) mass is 491 g/mol. The predicted molar refractivity (Wildman–Crippen MR) is 120 cm³/mol. The Kier molecular flexibility index (Phi) is 11.4. The molecule has 1 amide bonds. The van der Waals surface area contributed by atoms with Crippen molar-refractivity contribution in [2.45, 2.75) is 27.2 Å². The van der Waals surface area contributed by atoms with Gasteiger partial charge in [0.05, 0.1) is 12.8 Å². The Hall–Kier alpha value is -1.29. The molecule has 0 radical (unpaired) electrons. The van der Waals surface area contributed by atoms with Gasteiger partial charge in [0.2, 0.25) is 0 Å². The van der Waals surface area contributed by atoms with Gasteiger partial charge in [-0.15, -0.1) is 24.0 Å². The highest BCUT2D eigenvalue weighted by Gasteiger charge is 2.25. The number of nitrogens with zero attached hydrogens (tertiary/aromatic N) is 4. The van der Waals surface area contributed by atoms with Gasteiger partial charge in [0, 0.05) is 39.3 Å². The molecule has 1 aliphatic rings. The molecular weight excluding hydrogens is 457 g/mol. The largest absolute Gasteiger partial charge is 0.459 e. The van der Waals surface area contributed by atoms with Crippen molar-refractivity contribution < 1.29 is 9.21 Å². The van der Waals surface area contributed by atoms with Crippen molar-refractivity contribution in [3.05, 3.63) is 24.2 Å². The van der Waals surface area contributed by atoms with Crippen LogP contribution in [-0.4, -0.2) is 85.5 Å². The van der Waals surface area contributed by atoms with E-state index in [0.717, 1.165) is 51.8 Å². The minimum Gasteiger partial charge on any atom is -0.459 e. The Balaban J connectivity index is 0.00000364. The minimum atomic E-state index is -0.0326. The molecular formula is C19H34IN5O2. The molecule has 0 saturated carbocycles. The maximum atomic E-state index is 12.4. The van der Waals surface area contributed by atoms with Crippen LogP contribution in [0, 0.1) is 0 Å². The summed E-state index contributed by atoms with van der Waals surface area (Å²) < 4.78 is 5.22. The summed E-state index contributed by atoms with van der Waals surface area (Å²) in [6.45, 7) is 14.2.